The summed E-state index contributed by atoms with van der Waals surface area (Å²) in [4.78, 5) is 17.3. The second-order valence-corrected chi connectivity index (χ2v) is 10.9. The number of aromatic nitrogens is 4. The van der Waals surface area contributed by atoms with E-state index in [0.29, 0.717) is 17.5 Å². The number of para-hydroxylation sites is 3. The van der Waals surface area contributed by atoms with Gasteiger partial charge in [0.2, 0.25) is 5.91 Å². The van der Waals surface area contributed by atoms with E-state index in [1.54, 1.807) is 30.2 Å². The minimum atomic E-state index is -0.0843. The normalized spacial score (nSPS) is 11.0. The largest absolute Gasteiger partial charge is 0.496 e. The van der Waals surface area contributed by atoms with Crippen LogP contribution in [0.4, 0.5) is 0 Å². The third-order valence-corrected chi connectivity index (χ3v) is 8.42. The highest BCUT2D eigenvalue weighted by Gasteiger charge is 2.17. The van der Waals surface area contributed by atoms with Crippen molar-refractivity contribution >= 4 is 51.0 Å². The number of hydrogen-bond acceptors (Lipinski definition) is 8. The molecule has 0 aliphatic carbocycles. The number of thioether (sulfide) groups is 2. The molecule has 0 saturated heterocycles. The van der Waals surface area contributed by atoms with Crippen molar-refractivity contribution in [1.29, 1.82) is 0 Å². The number of nitrogens with zero attached hydrogens (tertiary/aromatic N) is 4. The van der Waals surface area contributed by atoms with Gasteiger partial charge in [-0.3, -0.25) is 9.36 Å². The second-order valence-electron chi connectivity index (χ2n) is 7.68. The van der Waals surface area contributed by atoms with Crippen molar-refractivity contribution in [2.75, 3.05) is 12.9 Å². The molecule has 182 valence electrons. The monoisotopic (exact) mass is 533 g/mol. The SMILES string of the molecule is COc1ccccc1CNC(=O)CSc1nnc(CSc2nc3ccccc3s2)n1-c1ccccc1. The van der Waals surface area contributed by atoms with Crippen LogP contribution in [-0.2, 0) is 17.1 Å². The maximum atomic E-state index is 12.6. The van der Waals surface area contributed by atoms with Gasteiger partial charge in [0.15, 0.2) is 9.50 Å². The molecule has 5 rings (SSSR count). The number of methoxy groups -OCH3 is 1. The van der Waals surface area contributed by atoms with E-state index in [1.165, 1.54) is 16.5 Å². The first-order valence-electron chi connectivity index (χ1n) is 11.2. The van der Waals surface area contributed by atoms with Crippen molar-refractivity contribution in [2.24, 2.45) is 0 Å². The van der Waals surface area contributed by atoms with E-state index < -0.39 is 0 Å². The van der Waals surface area contributed by atoms with E-state index in [0.717, 1.165) is 32.7 Å². The number of carbonyl (C=O) groups excluding carboxylic acids is 1. The molecule has 0 radical (unpaired) electrons. The number of hydrogen-bond donors (Lipinski definition) is 1. The summed E-state index contributed by atoms with van der Waals surface area (Å²) in [6.45, 7) is 0.402. The molecule has 2 aromatic heterocycles. The first kappa shape index (κ1) is 24.4. The minimum Gasteiger partial charge on any atom is -0.496 e. The van der Waals surface area contributed by atoms with E-state index >= 15 is 0 Å². The standard InChI is InChI=1S/C26H23N5O2S3/c1-33-21-13-7-5-9-18(21)15-27-24(32)17-34-25-30-29-23(31(25)19-10-3-2-4-11-19)16-35-26-28-20-12-6-8-14-22(20)36-26/h2-14H,15-17H2,1H3,(H,27,32). The third kappa shape index (κ3) is 5.72. The van der Waals surface area contributed by atoms with E-state index in [9.17, 15) is 4.79 Å². The lowest BCUT2D eigenvalue weighted by Gasteiger charge is -2.11. The second kappa shape index (κ2) is 11.6. The molecule has 0 aliphatic rings. The van der Waals surface area contributed by atoms with Crippen molar-refractivity contribution < 1.29 is 9.53 Å². The van der Waals surface area contributed by atoms with E-state index in [4.69, 9.17) is 9.72 Å². The third-order valence-electron chi connectivity index (χ3n) is 5.31. The van der Waals surface area contributed by atoms with Gasteiger partial charge < -0.3 is 10.1 Å². The molecule has 0 spiro atoms. The molecule has 2 heterocycles. The molecule has 1 amide bonds. The first-order valence-corrected chi connectivity index (χ1v) is 14.0. The molecule has 36 heavy (non-hydrogen) atoms. The average molecular weight is 534 g/mol. The Morgan fingerprint density at radius 1 is 0.972 bits per heavy atom. The number of amides is 1. The smallest absolute Gasteiger partial charge is 0.230 e. The van der Waals surface area contributed by atoms with Crippen LogP contribution in [0.15, 0.2) is 88.4 Å². The van der Waals surface area contributed by atoms with Crippen molar-refractivity contribution in [2.45, 2.75) is 21.8 Å². The van der Waals surface area contributed by atoms with Crippen molar-refractivity contribution in [3.63, 3.8) is 0 Å². The molecule has 7 nitrogen and oxygen atoms in total. The fourth-order valence-electron chi connectivity index (χ4n) is 3.59. The van der Waals surface area contributed by atoms with Gasteiger partial charge >= 0.3 is 0 Å². The van der Waals surface area contributed by atoms with Crippen LogP contribution >= 0.6 is 34.9 Å². The molecule has 0 atom stereocenters. The van der Waals surface area contributed by atoms with E-state index in [1.807, 2.05) is 77.4 Å². The Balaban J connectivity index is 1.27. The topological polar surface area (TPSA) is 81.9 Å². The number of thiazole rings is 1. The van der Waals surface area contributed by atoms with Crippen molar-refractivity contribution in [3.05, 3.63) is 90.3 Å². The van der Waals surface area contributed by atoms with Crippen LogP contribution in [-0.4, -0.2) is 38.5 Å². The molecule has 1 N–H and O–H groups in total. The highest BCUT2D eigenvalue weighted by atomic mass is 32.2. The summed E-state index contributed by atoms with van der Waals surface area (Å²) in [6, 6.07) is 25.7. The Morgan fingerprint density at radius 3 is 2.58 bits per heavy atom. The first-order chi connectivity index (χ1) is 17.7. The maximum absolute atomic E-state index is 12.6. The van der Waals surface area contributed by atoms with Crippen LogP contribution in [0.2, 0.25) is 0 Å². The lowest BCUT2D eigenvalue weighted by atomic mass is 10.2. The molecule has 0 fully saturated rings. The molecule has 0 saturated carbocycles. The maximum Gasteiger partial charge on any atom is 0.230 e. The van der Waals surface area contributed by atoms with Crippen LogP contribution in [0, 0.1) is 0 Å². The summed E-state index contributed by atoms with van der Waals surface area (Å²) in [5.74, 6) is 2.32. The van der Waals surface area contributed by atoms with Gasteiger partial charge in [0, 0.05) is 17.8 Å². The predicted molar refractivity (Wildman–Crippen MR) is 146 cm³/mol. The molecule has 0 bridgehead atoms. The Labute approximate surface area is 221 Å². The van der Waals surface area contributed by atoms with Crippen LogP contribution in [0.5, 0.6) is 5.75 Å². The van der Waals surface area contributed by atoms with Crippen LogP contribution in [0.3, 0.4) is 0 Å². The summed E-state index contributed by atoms with van der Waals surface area (Å²) in [6.07, 6.45) is 0. The molecule has 5 aromatic rings. The molecule has 10 heteroatoms. The zero-order valence-corrected chi connectivity index (χ0v) is 21.9. The van der Waals surface area contributed by atoms with Crippen molar-refractivity contribution in [3.8, 4) is 11.4 Å². The molecular weight excluding hydrogens is 511 g/mol. The quantitative estimate of drug-likeness (QED) is 0.235. The van der Waals surface area contributed by atoms with E-state index in [2.05, 4.69) is 21.6 Å². The molecule has 3 aromatic carbocycles. The van der Waals surface area contributed by atoms with Gasteiger partial charge in [-0.05, 0) is 30.3 Å². The molecular formula is C26H23N5O2S3. The van der Waals surface area contributed by atoms with Gasteiger partial charge in [-0.25, -0.2) is 4.98 Å². The lowest BCUT2D eigenvalue weighted by molar-refractivity contribution is -0.118. The van der Waals surface area contributed by atoms with Gasteiger partial charge in [0.1, 0.15) is 11.6 Å². The fraction of sp³-hybridized carbons (Fsp3) is 0.154. The van der Waals surface area contributed by atoms with Gasteiger partial charge in [-0.2, -0.15) is 0 Å². The van der Waals surface area contributed by atoms with Crippen LogP contribution in [0.25, 0.3) is 15.9 Å². The number of rotatable bonds is 10. The molecule has 0 unspecified atom stereocenters. The van der Waals surface area contributed by atoms with Crippen molar-refractivity contribution in [1.82, 2.24) is 25.1 Å². The van der Waals surface area contributed by atoms with Gasteiger partial charge in [0.05, 0.1) is 28.8 Å². The fourth-order valence-corrected chi connectivity index (χ4v) is 6.37. The number of ether oxygens (including phenoxy) is 1. The van der Waals surface area contributed by atoms with Gasteiger partial charge in [-0.15, -0.1) is 21.5 Å². The van der Waals surface area contributed by atoms with Gasteiger partial charge in [0.25, 0.3) is 0 Å². The van der Waals surface area contributed by atoms with Crippen LogP contribution in [0.1, 0.15) is 11.4 Å². The predicted octanol–water partition coefficient (Wildman–Crippen LogP) is 5.59. The Morgan fingerprint density at radius 2 is 1.75 bits per heavy atom. The highest BCUT2D eigenvalue weighted by Crippen LogP contribution is 2.32. The molecule has 0 aliphatic heterocycles. The lowest BCUT2D eigenvalue weighted by Crippen LogP contribution is -2.25. The van der Waals surface area contributed by atoms with Gasteiger partial charge in [-0.1, -0.05) is 72.1 Å². The Hall–Kier alpha value is -3.34. The number of nitrogens with one attached hydrogen (secondary N) is 1. The zero-order chi connectivity index (χ0) is 24.7. The Bertz CT molecular complexity index is 1440. The number of carbonyl (C=O) groups is 1. The zero-order valence-electron chi connectivity index (χ0n) is 19.5. The number of benzene rings is 3. The Kier molecular flexibility index (Phi) is 7.85. The van der Waals surface area contributed by atoms with E-state index in [-0.39, 0.29) is 11.7 Å². The highest BCUT2D eigenvalue weighted by molar-refractivity contribution is 8.00. The summed E-state index contributed by atoms with van der Waals surface area (Å²) in [5, 5.41) is 12.5. The summed E-state index contributed by atoms with van der Waals surface area (Å²) in [5.41, 5.74) is 2.89. The summed E-state index contributed by atoms with van der Waals surface area (Å²) >= 11 is 4.68. The van der Waals surface area contributed by atoms with Crippen LogP contribution < -0.4 is 10.1 Å². The average Bonchev–Trinajstić information content (AvgIpc) is 3.53. The number of fused-ring (bicyclic) bond motifs is 1. The summed E-state index contributed by atoms with van der Waals surface area (Å²) < 4.78 is 9.53. The minimum absolute atomic E-state index is 0.0843. The summed E-state index contributed by atoms with van der Waals surface area (Å²) in [7, 11) is 1.62.